The van der Waals surface area contributed by atoms with Gasteiger partial charge in [0.05, 0.1) is 24.3 Å². The molecule has 200 valence electrons. The van der Waals surface area contributed by atoms with Crippen LogP contribution in [0.4, 0.5) is 19.0 Å². The molecule has 0 amide bonds. The predicted molar refractivity (Wildman–Crippen MR) is 134 cm³/mol. The molecule has 37 heavy (non-hydrogen) atoms. The third-order valence-electron chi connectivity index (χ3n) is 6.53. The zero-order chi connectivity index (χ0) is 27.0. The van der Waals surface area contributed by atoms with Crippen molar-refractivity contribution >= 4 is 16.7 Å². The molecule has 0 spiro atoms. The van der Waals surface area contributed by atoms with Gasteiger partial charge in [-0.2, -0.15) is 8.78 Å². The summed E-state index contributed by atoms with van der Waals surface area (Å²) < 4.78 is 62.0. The zero-order valence-corrected chi connectivity index (χ0v) is 21.6. The molecule has 10 heteroatoms. The van der Waals surface area contributed by atoms with Crippen LogP contribution in [-0.4, -0.2) is 46.6 Å². The maximum atomic E-state index is 15.1. The second-order valence-electron chi connectivity index (χ2n) is 9.78. The van der Waals surface area contributed by atoms with Crippen molar-refractivity contribution in [2.24, 2.45) is 0 Å². The van der Waals surface area contributed by atoms with E-state index in [2.05, 4.69) is 15.3 Å². The number of aryl methyl sites for hydroxylation is 1. The van der Waals surface area contributed by atoms with Crippen molar-refractivity contribution < 1.29 is 32.5 Å². The number of aliphatic hydroxyl groups is 1. The van der Waals surface area contributed by atoms with Gasteiger partial charge in [-0.05, 0) is 52.7 Å². The second kappa shape index (κ2) is 10.3. The molecule has 0 aliphatic carbocycles. The Morgan fingerprint density at radius 2 is 1.97 bits per heavy atom. The van der Waals surface area contributed by atoms with E-state index in [0.29, 0.717) is 40.7 Å². The first-order chi connectivity index (χ1) is 17.4. The highest BCUT2D eigenvalue weighted by molar-refractivity contribution is 5.91. The van der Waals surface area contributed by atoms with Crippen LogP contribution in [0.25, 0.3) is 10.9 Å². The maximum Gasteiger partial charge on any atom is 0.303 e. The quantitative estimate of drug-likeness (QED) is 0.386. The second-order valence-corrected chi connectivity index (χ2v) is 9.78. The number of hydrogen-bond donors (Lipinski definition) is 2. The van der Waals surface area contributed by atoms with Gasteiger partial charge >= 0.3 is 5.92 Å². The van der Waals surface area contributed by atoms with E-state index < -0.39 is 22.9 Å². The number of ether oxygens (including phenoxy) is 3. The fourth-order valence-electron chi connectivity index (χ4n) is 4.36. The van der Waals surface area contributed by atoms with Gasteiger partial charge in [0.1, 0.15) is 29.2 Å². The minimum atomic E-state index is -3.78. The van der Waals surface area contributed by atoms with E-state index >= 15 is 4.39 Å². The number of nitrogens with zero attached hydrogens (tertiary/aromatic N) is 2. The smallest absolute Gasteiger partial charge is 0.303 e. The van der Waals surface area contributed by atoms with Crippen molar-refractivity contribution in [3.8, 4) is 11.5 Å². The van der Waals surface area contributed by atoms with E-state index in [0.717, 1.165) is 32.8 Å². The highest BCUT2D eigenvalue weighted by Gasteiger charge is 2.49. The molecule has 1 aromatic heterocycles. The Kier molecular flexibility index (Phi) is 7.52. The van der Waals surface area contributed by atoms with E-state index in [1.54, 1.807) is 19.1 Å². The van der Waals surface area contributed by atoms with Crippen LogP contribution < -0.4 is 14.8 Å². The molecule has 1 aliphatic rings. The summed E-state index contributed by atoms with van der Waals surface area (Å²) in [6.07, 6.45) is 1.65. The third kappa shape index (κ3) is 5.45. The van der Waals surface area contributed by atoms with E-state index in [1.165, 1.54) is 19.2 Å². The Morgan fingerprint density at radius 1 is 1.22 bits per heavy atom. The summed E-state index contributed by atoms with van der Waals surface area (Å²) in [5.74, 6) is -3.05. The monoisotopic (exact) mass is 519 g/mol. The first-order valence-electron chi connectivity index (χ1n) is 12.2. The molecule has 2 N–H and O–H groups in total. The molecular formula is C27H32F3N3O4. The van der Waals surface area contributed by atoms with Crippen LogP contribution in [0.1, 0.15) is 50.6 Å². The van der Waals surface area contributed by atoms with Gasteiger partial charge in [-0.15, -0.1) is 0 Å². The number of halogens is 3. The molecule has 4 rings (SSSR count). The average Bonchev–Trinajstić information content (AvgIpc) is 3.37. The van der Waals surface area contributed by atoms with Gasteiger partial charge in [-0.3, -0.25) is 0 Å². The van der Waals surface area contributed by atoms with Gasteiger partial charge in [-0.1, -0.05) is 12.1 Å². The fraction of sp³-hybridized carbons (Fsp3) is 0.481. The molecule has 7 nitrogen and oxygen atoms in total. The lowest BCUT2D eigenvalue weighted by Crippen LogP contribution is -2.41. The minimum Gasteiger partial charge on any atom is -0.493 e. The van der Waals surface area contributed by atoms with Gasteiger partial charge in [0.2, 0.25) is 0 Å². The number of nitrogens with one attached hydrogen (secondary N) is 1. The molecule has 2 atom stereocenters. The highest BCUT2D eigenvalue weighted by Crippen LogP contribution is 2.41. The number of benzene rings is 2. The Bertz CT molecular complexity index is 1270. The first kappa shape index (κ1) is 26.9. The van der Waals surface area contributed by atoms with Crippen LogP contribution in [0.3, 0.4) is 0 Å². The van der Waals surface area contributed by atoms with E-state index in [9.17, 15) is 13.9 Å². The van der Waals surface area contributed by atoms with Crippen molar-refractivity contribution in [3.63, 3.8) is 0 Å². The van der Waals surface area contributed by atoms with Gasteiger partial charge in [-0.25, -0.2) is 14.4 Å². The van der Waals surface area contributed by atoms with E-state index in [1.807, 2.05) is 6.92 Å². The van der Waals surface area contributed by atoms with Crippen LogP contribution in [0.15, 0.2) is 30.3 Å². The number of anilines is 1. The van der Waals surface area contributed by atoms with Gasteiger partial charge < -0.3 is 24.6 Å². The third-order valence-corrected chi connectivity index (χ3v) is 6.53. The summed E-state index contributed by atoms with van der Waals surface area (Å²) in [5, 5.41) is 13.5. The zero-order valence-electron chi connectivity index (χ0n) is 21.6. The number of alkyl halides is 2. The molecule has 0 radical (unpaired) electrons. The van der Waals surface area contributed by atoms with E-state index in [-0.39, 0.29) is 24.3 Å². The average molecular weight is 520 g/mol. The van der Waals surface area contributed by atoms with Gasteiger partial charge in [0.25, 0.3) is 0 Å². The van der Waals surface area contributed by atoms with Crippen molar-refractivity contribution in [2.75, 3.05) is 19.0 Å². The standard InChI is InChI=1S/C27H32F3N3O4/c1-15(21-10-7-11-36-21)37-23-12-18-20(13-22(23)35-5)32-16(2)33-25(18)31-14-17-8-6-9-19(24(17)28)27(29,30)26(3,4)34/h6,8-9,12-13,15,21,34H,7,10-11,14H2,1-5H3,(H,31,32,33)/t15?,21-/m0/s1. The summed E-state index contributed by atoms with van der Waals surface area (Å²) in [4.78, 5) is 8.93. The van der Waals surface area contributed by atoms with Crippen molar-refractivity contribution in [1.82, 2.24) is 9.97 Å². The molecule has 0 bridgehead atoms. The summed E-state index contributed by atoms with van der Waals surface area (Å²) in [5.41, 5.74) is -2.73. The first-order valence-corrected chi connectivity index (χ1v) is 12.2. The largest absolute Gasteiger partial charge is 0.493 e. The van der Waals surface area contributed by atoms with Crippen LogP contribution >= 0.6 is 0 Å². The van der Waals surface area contributed by atoms with Crippen molar-refractivity contribution in [1.29, 1.82) is 0 Å². The Balaban J connectivity index is 1.66. The summed E-state index contributed by atoms with van der Waals surface area (Å²) in [6, 6.07) is 7.20. The predicted octanol–water partition coefficient (Wildman–Crippen LogP) is 5.51. The molecule has 1 saturated heterocycles. The number of rotatable bonds is 9. The Labute approximate surface area is 214 Å². The lowest BCUT2D eigenvalue weighted by Gasteiger charge is -2.30. The normalized spacial score (nSPS) is 17.2. The molecule has 0 saturated carbocycles. The van der Waals surface area contributed by atoms with Crippen LogP contribution in [-0.2, 0) is 17.2 Å². The SMILES string of the molecule is COc1cc2nc(C)nc(NCc3cccc(C(F)(F)C(C)(C)O)c3F)c2cc1OC(C)[C@@H]1CCCO1. The minimum absolute atomic E-state index is 0.00262. The number of hydrogen-bond acceptors (Lipinski definition) is 7. The maximum absolute atomic E-state index is 15.1. The summed E-state index contributed by atoms with van der Waals surface area (Å²) in [7, 11) is 1.54. The van der Waals surface area contributed by atoms with Crippen molar-refractivity contribution in [2.45, 2.75) is 70.8 Å². The Hall–Kier alpha value is -3.11. The summed E-state index contributed by atoms with van der Waals surface area (Å²) in [6.45, 7) is 6.12. The number of aromatic nitrogens is 2. The molecule has 3 aromatic rings. The molecular weight excluding hydrogens is 487 g/mol. The molecule has 1 unspecified atom stereocenters. The van der Waals surface area contributed by atoms with Crippen LogP contribution in [0.2, 0.25) is 0 Å². The molecule has 1 fully saturated rings. The van der Waals surface area contributed by atoms with E-state index in [4.69, 9.17) is 14.2 Å². The lowest BCUT2D eigenvalue weighted by atomic mass is 9.92. The molecule has 1 aliphatic heterocycles. The van der Waals surface area contributed by atoms with Crippen LogP contribution in [0, 0.1) is 12.7 Å². The molecule has 2 heterocycles. The highest BCUT2D eigenvalue weighted by atomic mass is 19.3. The van der Waals surface area contributed by atoms with Crippen LogP contribution in [0.5, 0.6) is 11.5 Å². The van der Waals surface area contributed by atoms with Gasteiger partial charge in [0.15, 0.2) is 11.5 Å². The lowest BCUT2D eigenvalue weighted by molar-refractivity contribution is -0.170. The number of fused-ring (bicyclic) bond motifs is 1. The number of methoxy groups -OCH3 is 1. The topological polar surface area (TPSA) is 85.7 Å². The van der Waals surface area contributed by atoms with Gasteiger partial charge in [0, 0.05) is 30.2 Å². The Morgan fingerprint density at radius 3 is 2.62 bits per heavy atom. The fourth-order valence-corrected chi connectivity index (χ4v) is 4.36. The molecule has 2 aromatic carbocycles. The van der Waals surface area contributed by atoms with Crippen molar-refractivity contribution in [3.05, 3.63) is 53.1 Å². The summed E-state index contributed by atoms with van der Waals surface area (Å²) >= 11 is 0.